The number of likely N-dealkylation sites (tertiary alicyclic amines) is 1. The lowest BCUT2D eigenvalue weighted by atomic mass is 9.99. The summed E-state index contributed by atoms with van der Waals surface area (Å²) in [5.41, 5.74) is 0.901. The molecule has 1 saturated carbocycles. The van der Waals surface area contributed by atoms with Crippen molar-refractivity contribution in [2.75, 3.05) is 13.1 Å². The van der Waals surface area contributed by atoms with Crippen LogP contribution in [0.3, 0.4) is 0 Å². The number of carbonyl (C=O) groups excluding carboxylic acids is 1. The quantitative estimate of drug-likeness (QED) is 0.774. The number of rotatable bonds is 1. The van der Waals surface area contributed by atoms with Gasteiger partial charge in [-0.3, -0.25) is 4.79 Å². The lowest BCUT2D eigenvalue weighted by Crippen LogP contribution is -2.32. The molecule has 19 heavy (non-hydrogen) atoms. The molecule has 1 aromatic carbocycles. The van der Waals surface area contributed by atoms with E-state index in [1.54, 1.807) is 17.0 Å². The van der Waals surface area contributed by atoms with Gasteiger partial charge in [0.25, 0.3) is 0 Å². The van der Waals surface area contributed by atoms with Crippen LogP contribution in [0.25, 0.3) is 0 Å². The third-order valence-corrected chi connectivity index (χ3v) is 6.79. The number of fused-ring (bicyclic) bond motifs is 3. The Hall–Kier alpha value is -1.36. The van der Waals surface area contributed by atoms with E-state index in [0.717, 1.165) is 18.4 Å². The van der Waals surface area contributed by atoms with E-state index in [0.29, 0.717) is 18.0 Å². The number of hydrogen-bond acceptors (Lipinski definition) is 3. The Morgan fingerprint density at radius 2 is 1.89 bits per heavy atom. The Balaban J connectivity index is 1.72. The van der Waals surface area contributed by atoms with Crippen LogP contribution in [0, 0.1) is 5.92 Å². The maximum atomic E-state index is 12.5. The number of hydrogen-bond donors (Lipinski definition) is 0. The molecule has 1 amide bonds. The molecule has 2 aliphatic heterocycles. The summed E-state index contributed by atoms with van der Waals surface area (Å²) in [6.07, 6.45) is 1.93. The molecule has 5 heteroatoms. The second-order valence-corrected chi connectivity index (χ2v) is 7.88. The maximum absolute atomic E-state index is 12.5. The van der Waals surface area contributed by atoms with Gasteiger partial charge in [0.15, 0.2) is 9.84 Å². The van der Waals surface area contributed by atoms with Gasteiger partial charge in [0.1, 0.15) is 0 Å². The topological polar surface area (TPSA) is 54.5 Å². The second-order valence-electron chi connectivity index (χ2n) is 5.75. The van der Waals surface area contributed by atoms with Crippen LogP contribution in [0.4, 0.5) is 0 Å². The van der Waals surface area contributed by atoms with Crippen molar-refractivity contribution in [3.63, 3.8) is 0 Å². The second kappa shape index (κ2) is 3.60. The number of sulfone groups is 1. The predicted octanol–water partition coefficient (Wildman–Crippen LogP) is 1.18. The van der Waals surface area contributed by atoms with Gasteiger partial charge in [0.2, 0.25) is 5.91 Å². The Bertz CT molecular complexity index is 663. The van der Waals surface area contributed by atoms with Crippen molar-refractivity contribution in [1.82, 2.24) is 4.90 Å². The zero-order chi connectivity index (χ0) is 13.2. The van der Waals surface area contributed by atoms with E-state index in [9.17, 15) is 13.2 Å². The highest BCUT2D eigenvalue weighted by Gasteiger charge is 2.52. The van der Waals surface area contributed by atoms with Gasteiger partial charge in [-0.05, 0) is 24.5 Å². The molecule has 2 fully saturated rings. The fourth-order valence-electron chi connectivity index (χ4n) is 3.36. The normalized spacial score (nSPS) is 31.1. The number of amides is 1. The Morgan fingerprint density at radius 1 is 1.16 bits per heavy atom. The Labute approximate surface area is 112 Å². The fourth-order valence-corrected chi connectivity index (χ4v) is 5.55. The number of benzene rings is 1. The van der Waals surface area contributed by atoms with Gasteiger partial charge in [0.05, 0.1) is 10.1 Å². The summed E-state index contributed by atoms with van der Waals surface area (Å²) >= 11 is 0. The lowest BCUT2D eigenvalue weighted by molar-refractivity contribution is -0.131. The van der Waals surface area contributed by atoms with Crippen LogP contribution in [0.5, 0.6) is 0 Å². The average Bonchev–Trinajstić information content (AvgIpc) is 3.11. The molecule has 0 aromatic heterocycles. The van der Waals surface area contributed by atoms with Gasteiger partial charge in [-0.1, -0.05) is 18.2 Å². The van der Waals surface area contributed by atoms with Crippen molar-refractivity contribution in [2.24, 2.45) is 5.92 Å². The third kappa shape index (κ3) is 1.51. The molecule has 2 atom stereocenters. The van der Waals surface area contributed by atoms with Crippen LogP contribution >= 0.6 is 0 Å². The van der Waals surface area contributed by atoms with Crippen LogP contribution in [0.1, 0.15) is 24.3 Å². The first kappa shape index (κ1) is 11.5. The summed E-state index contributed by atoms with van der Waals surface area (Å²) in [7, 11) is -3.25. The van der Waals surface area contributed by atoms with Gasteiger partial charge in [0, 0.05) is 24.9 Å². The van der Waals surface area contributed by atoms with E-state index in [-0.39, 0.29) is 17.7 Å². The summed E-state index contributed by atoms with van der Waals surface area (Å²) in [5, 5.41) is -0.424. The molecule has 4 rings (SSSR count). The SMILES string of the molecule is O=C(C1CC1)N1CC2c3ccccc3S(=O)(=O)C2C1. The van der Waals surface area contributed by atoms with Gasteiger partial charge in [-0.2, -0.15) is 0 Å². The molecule has 1 saturated heterocycles. The largest absolute Gasteiger partial charge is 0.340 e. The first-order chi connectivity index (χ1) is 9.09. The van der Waals surface area contributed by atoms with E-state index in [2.05, 4.69) is 0 Å². The first-order valence-electron chi connectivity index (χ1n) is 6.70. The van der Waals surface area contributed by atoms with Crippen LogP contribution in [0.2, 0.25) is 0 Å². The minimum absolute atomic E-state index is 0.0242. The Kier molecular flexibility index (Phi) is 2.17. The molecule has 3 aliphatic rings. The zero-order valence-corrected chi connectivity index (χ0v) is 11.3. The highest BCUT2D eigenvalue weighted by atomic mass is 32.2. The lowest BCUT2D eigenvalue weighted by Gasteiger charge is -2.17. The van der Waals surface area contributed by atoms with Crippen molar-refractivity contribution < 1.29 is 13.2 Å². The van der Waals surface area contributed by atoms with Crippen molar-refractivity contribution in [3.05, 3.63) is 29.8 Å². The summed E-state index contributed by atoms with van der Waals surface area (Å²) in [4.78, 5) is 14.3. The standard InChI is InChI=1S/C14H15NO3S/c16-14(9-5-6-9)15-7-11-10-3-1-2-4-12(10)19(17,18)13(11)8-15/h1-4,9,11,13H,5-8H2. The summed E-state index contributed by atoms with van der Waals surface area (Å²) in [6, 6.07) is 7.23. The molecule has 0 bridgehead atoms. The molecule has 1 aliphatic carbocycles. The molecule has 1 aromatic rings. The number of nitrogens with zero attached hydrogens (tertiary/aromatic N) is 1. The molecular formula is C14H15NO3S. The molecule has 2 unspecified atom stereocenters. The van der Waals surface area contributed by atoms with Crippen LogP contribution in [-0.2, 0) is 14.6 Å². The first-order valence-corrected chi connectivity index (χ1v) is 8.25. The monoisotopic (exact) mass is 277 g/mol. The van der Waals surface area contributed by atoms with E-state index in [1.165, 1.54) is 0 Å². The summed E-state index contributed by atoms with van der Waals surface area (Å²) in [5.74, 6) is 0.294. The maximum Gasteiger partial charge on any atom is 0.225 e. The van der Waals surface area contributed by atoms with Crippen LogP contribution in [-0.4, -0.2) is 37.6 Å². The van der Waals surface area contributed by atoms with Crippen molar-refractivity contribution >= 4 is 15.7 Å². The van der Waals surface area contributed by atoms with Gasteiger partial charge in [-0.15, -0.1) is 0 Å². The molecule has 0 spiro atoms. The smallest absolute Gasteiger partial charge is 0.225 e. The summed E-state index contributed by atoms with van der Waals surface area (Å²) < 4.78 is 25.0. The summed E-state index contributed by atoms with van der Waals surface area (Å²) in [6.45, 7) is 0.938. The highest BCUT2D eigenvalue weighted by Crippen LogP contribution is 2.45. The molecule has 2 heterocycles. The Morgan fingerprint density at radius 3 is 2.63 bits per heavy atom. The van der Waals surface area contributed by atoms with Crippen LogP contribution in [0.15, 0.2) is 29.2 Å². The van der Waals surface area contributed by atoms with E-state index in [4.69, 9.17) is 0 Å². The minimum atomic E-state index is -3.25. The van der Waals surface area contributed by atoms with E-state index < -0.39 is 15.1 Å². The fraction of sp³-hybridized carbons (Fsp3) is 0.500. The molecule has 0 radical (unpaired) electrons. The molecular weight excluding hydrogens is 262 g/mol. The van der Waals surface area contributed by atoms with Crippen molar-refractivity contribution in [2.45, 2.75) is 28.9 Å². The van der Waals surface area contributed by atoms with Gasteiger partial charge < -0.3 is 4.90 Å². The van der Waals surface area contributed by atoms with Crippen LogP contribution < -0.4 is 0 Å². The average molecular weight is 277 g/mol. The van der Waals surface area contributed by atoms with Crippen molar-refractivity contribution in [1.29, 1.82) is 0 Å². The van der Waals surface area contributed by atoms with Gasteiger partial charge in [-0.25, -0.2) is 8.42 Å². The van der Waals surface area contributed by atoms with E-state index >= 15 is 0 Å². The highest BCUT2D eigenvalue weighted by molar-refractivity contribution is 7.92. The molecule has 100 valence electrons. The van der Waals surface area contributed by atoms with E-state index in [1.807, 2.05) is 12.1 Å². The number of carbonyl (C=O) groups is 1. The zero-order valence-electron chi connectivity index (χ0n) is 10.5. The predicted molar refractivity (Wildman–Crippen MR) is 69.5 cm³/mol. The molecule has 0 N–H and O–H groups in total. The van der Waals surface area contributed by atoms with Crippen molar-refractivity contribution in [3.8, 4) is 0 Å². The molecule has 4 nitrogen and oxygen atoms in total. The third-order valence-electron chi connectivity index (χ3n) is 4.53. The van der Waals surface area contributed by atoms with Gasteiger partial charge >= 0.3 is 0 Å². The minimum Gasteiger partial charge on any atom is -0.340 e.